The Morgan fingerprint density at radius 3 is 2.17 bits per heavy atom. The number of halogens is 3. The summed E-state index contributed by atoms with van der Waals surface area (Å²) in [5, 5.41) is 21.2. The average molecular weight is 584 g/mol. The number of carbonyl (C=O) groups excluding carboxylic acids is 2. The number of ether oxygens (including phenoxy) is 1. The fourth-order valence-electron chi connectivity index (χ4n) is 4.22. The van der Waals surface area contributed by atoms with Gasteiger partial charge >= 0.3 is 6.36 Å². The monoisotopic (exact) mass is 583 g/mol. The first kappa shape index (κ1) is 28.7. The van der Waals surface area contributed by atoms with Crippen LogP contribution in [0.25, 0.3) is 0 Å². The van der Waals surface area contributed by atoms with Gasteiger partial charge in [0, 0.05) is 25.8 Å². The number of nitrogens with zero attached hydrogens (tertiary/aromatic N) is 7. The van der Waals surface area contributed by atoms with Gasteiger partial charge in [-0.05, 0) is 67.0 Å². The van der Waals surface area contributed by atoms with E-state index in [0.717, 1.165) is 5.69 Å². The minimum Gasteiger partial charge on any atom is -0.406 e. The molecule has 0 saturated heterocycles. The van der Waals surface area contributed by atoms with Crippen molar-refractivity contribution in [2.75, 3.05) is 0 Å². The summed E-state index contributed by atoms with van der Waals surface area (Å²) in [7, 11) is 0. The van der Waals surface area contributed by atoms with Gasteiger partial charge in [0.2, 0.25) is 0 Å². The minimum absolute atomic E-state index is 0.0108. The van der Waals surface area contributed by atoms with Crippen molar-refractivity contribution in [2.24, 2.45) is 0 Å². The first-order valence-electron chi connectivity index (χ1n) is 13.4. The van der Waals surface area contributed by atoms with Crippen LogP contribution < -0.4 is 15.4 Å². The zero-order valence-electron chi connectivity index (χ0n) is 22.4. The van der Waals surface area contributed by atoms with Crippen LogP contribution in [0.4, 0.5) is 13.2 Å². The second-order valence-corrected chi connectivity index (χ2v) is 9.86. The van der Waals surface area contributed by atoms with Gasteiger partial charge in [-0.1, -0.05) is 22.6 Å². The molecule has 0 aliphatic heterocycles. The van der Waals surface area contributed by atoms with Crippen LogP contribution in [-0.2, 0) is 26.2 Å². The fraction of sp³-hybridized carbons (Fsp3) is 0.370. The van der Waals surface area contributed by atoms with E-state index in [9.17, 15) is 22.8 Å². The topological polar surface area (TPSA) is 142 Å². The number of carbonyl (C=O) groups is 2. The van der Waals surface area contributed by atoms with Gasteiger partial charge in [0.05, 0.1) is 24.6 Å². The molecule has 1 aliphatic rings. The molecule has 3 heterocycles. The van der Waals surface area contributed by atoms with Crippen LogP contribution in [0.3, 0.4) is 0 Å². The third kappa shape index (κ3) is 8.34. The maximum Gasteiger partial charge on any atom is 0.573 e. The number of rotatable bonds is 13. The molecule has 0 bridgehead atoms. The highest BCUT2D eigenvalue weighted by atomic mass is 19.4. The first-order chi connectivity index (χ1) is 20.2. The Labute approximate surface area is 238 Å². The number of amides is 2. The normalized spacial score (nSPS) is 13.1. The lowest BCUT2D eigenvalue weighted by Gasteiger charge is -2.10. The summed E-state index contributed by atoms with van der Waals surface area (Å²) in [5.41, 5.74) is 2.80. The second kappa shape index (κ2) is 12.8. The smallest absolute Gasteiger partial charge is 0.406 e. The van der Waals surface area contributed by atoms with Gasteiger partial charge in [0.25, 0.3) is 11.8 Å². The number of hydrogen-bond donors (Lipinski definition) is 2. The van der Waals surface area contributed by atoms with Crippen LogP contribution in [0.2, 0.25) is 0 Å². The van der Waals surface area contributed by atoms with Gasteiger partial charge in [0.15, 0.2) is 11.4 Å². The summed E-state index contributed by atoms with van der Waals surface area (Å²) in [4.78, 5) is 29.2. The quantitative estimate of drug-likeness (QED) is 0.228. The molecule has 0 unspecified atom stereocenters. The van der Waals surface area contributed by atoms with Crippen LogP contribution in [0, 0.1) is 0 Å². The molecule has 4 aromatic rings. The summed E-state index contributed by atoms with van der Waals surface area (Å²) >= 11 is 0. The second-order valence-electron chi connectivity index (χ2n) is 9.86. The van der Waals surface area contributed by atoms with E-state index in [1.807, 2.05) is 12.1 Å². The number of benzene rings is 1. The number of pyridine rings is 1. The predicted octanol–water partition coefficient (Wildman–Crippen LogP) is 3.38. The van der Waals surface area contributed by atoms with E-state index in [-0.39, 0.29) is 29.6 Å². The Hall–Kier alpha value is -4.82. The maximum atomic E-state index is 12.5. The van der Waals surface area contributed by atoms with E-state index >= 15 is 0 Å². The van der Waals surface area contributed by atoms with Gasteiger partial charge in [-0.15, -0.1) is 23.4 Å². The molecule has 15 heteroatoms. The Bertz CT molecular complexity index is 1530. The van der Waals surface area contributed by atoms with Gasteiger partial charge < -0.3 is 15.4 Å². The summed E-state index contributed by atoms with van der Waals surface area (Å²) in [6.07, 6.45) is 3.85. The zero-order chi connectivity index (χ0) is 29.5. The van der Waals surface area contributed by atoms with Gasteiger partial charge in [0.1, 0.15) is 5.75 Å². The highest BCUT2D eigenvalue weighted by Crippen LogP contribution is 2.39. The fourth-order valence-corrected chi connectivity index (χ4v) is 4.22. The number of aryl methyl sites for hydroxylation is 2. The van der Waals surface area contributed by atoms with Gasteiger partial charge in [-0.2, -0.15) is 0 Å². The maximum absolute atomic E-state index is 12.5. The molecule has 1 saturated carbocycles. The molecule has 2 amide bonds. The van der Waals surface area contributed by atoms with E-state index in [0.29, 0.717) is 44.0 Å². The number of nitrogens with one attached hydrogen (secondary N) is 2. The van der Waals surface area contributed by atoms with Crippen LogP contribution in [0.1, 0.15) is 69.4 Å². The third-order valence-corrected chi connectivity index (χ3v) is 6.47. The number of alkyl halides is 3. The molecule has 42 heavy (non-hydrogen) atoms. The Kier molecular flexibility index (Phi) is 8.74. The number of hydrogen-bond acceptors (Lipinski definition) is 8. The molecule has 0 radical (unpaired) electrons. The molecular weight excluding hydrogens is 555 g/mol. The van der Waals surface area contributed by atoms with Crippen molar-refractivity contribution >= 4 is 11.8 Å². The van der Waals surface area contributed by atoms with Crippen LogP contribution in [0.15, 0.2) is 55.0 Å². The van der Waals surface area contributed by atoms with Crippen LogP contribution in [0.5, 0.6) is 5.75 Å². The van der Waals surface area contributed by atoms with Crippen molar-refractivity contribution in [1.82, 2.24) is 45.6 Å². The van der Waals surface area contributed by atoms with E-state index in [4.69, 9.17) is 0 Å². The van der Waals surface area contributed by atoms with Crippen molar-refractivity contribution in [3.63, 3.8) is 0 Å². The SMILES string of the molecule is O=C(NCc1cccc(OC(F)(F)F)c1)c1cn(CCCCn2cc(C(=O)NCc3cc(C4CC4)ccn3)nn2)nn1. The van der Waals surface area contributed by atoms with Crippen LogP contribution >= 0.6 is 0 Å². The van der Waals surface area contributed by atoms with E-state index in [2.05, 4.69) is 41.0 Å². The average Bonchev–Trinajstić information content (AvgIpc) is 3.52. The molecule has 5 rings (SSSR count). The molecular formula is C27H28F3N9O3. The summed E-state index contributed by atoms with van der Waals surface area (Å²) in [6, 6.07) is 9.39. The Morgan fingerprint density at radius 1 is 0.905 bits per heavy atom. The highest BCUT2D eigenvalue weighted by Gasteiger charge is 2.31. The van der Waals surface area contributed by atoms with E-state index in [1.54, 1.807) is 23.1 Å². The van der Waals surface area contributed by atoms with Gasteiger partial charge in [-0.3, -0.25) is 23.9 Å². The molecule has 3 aromatic heterocycles. The lowest BCUT2D eigenvalue weighted by atomic mass is 10.1. The first-order valence-corrected chi connectivity index (χ1v) is 13.4. The molecule has 1 fully saturated rings. The molecule has 12 nitrogen and oxygen atoms in total. The van der Waals surface area contributed by atoms with Crippen molar-refractivity contribution < 1.29 is 27.5 Å². The van der Waals surface area contributed by atoms with Crippen molar-refractivity contribution in [3.05, 3.63) is 83.2 Å². The Morgan fingerprint density at radius 2 is 1.55 bits per heavy atom. The standard InChI is InChI=1S/C27H28F3N9O3/c28-27(29,30)42-22-5-3-4-18(12-22)14-32-25(40)23-16-38(36-34-23)10-1-2-11-39-17-24(35-37-39)26(41)33-15-21-13-20(8-9-31-21)19-6-7-19/h3-5,8-9,12-13,16-17,19H,1-2,6-7,10-11,14-15H2,(H,32,40)(H,33,41). The molecule has 2 N–H and O–H groups in total. The summed E-state index contributed by atoms with van der Waals surface area (Å²) in [5.74, 6) is -0.588. The Balaban J connectivity index is 1.01. The van der Waals surface area contributed by atoms with Crippen molar-refractivity contribution in [1.29, 1.82) is 0 Å². The zero-order valence-corrected chi connectivity index (χ0v) is 22.4. The largest absolute Gasteiger partial charge is 0.573 e. The third-order valence-electron chi connectivity index (χ3n) is 6.47. The number of unbranched alkanes of at least 4 members (excludes halogenated alkanes) is 1. The lowest BCUT2D eigenvalue weighted by Crippen LogP contribution is -2.23. The van der Waals surface area contributed by atoms with Crippen molar-refractivity contribution in [3.8, 4) is 5.75 Å². The van der Waals surface area contributed by atoms with Gasteiger partial charge in [-0.25, -0.2) is 0 Å². The summed E-state index contributed by atoms with van der Waals surface area (Å²) in [6.45, 7) is 1.33. The highest BCUT2D eigenvalue weighted by molar-refractivity contribution is 5.92. The number of aromatic nitrogens is 7. The van der Waals surface area contributed by atoms with Crippen molar-refractivity contribution in [2.45, 2.75) is 64.1 Å². The summed E-state index contributed by atoms with van der Waals surface area (Å²) < 4.78 is 44.2. The molecule has 220 valence electrons. The van der Waals surface area contributed by atoms with Crippen LogP contribution in [-0.4, -0.2) is 53.1 Å². The lowest BCUT2D eigenvalue weighted by molar-refractivity contribution is -0.274. The molecule has 0 spiro atoms. The molecule has 1 aromatic carbocycles. The predicted molar refractivity (Wildman–Crippen MR) is 141 cm³/mol. The molecule has 0 atom stereocenters. The van der Waals surface area contributed by atoms with E-state index in [1.165, 1.54) is 47.5 Å². The molecule has 1 aliphatic carbocycles. The minimum atomic E-state index is -4.80. The van der Waals surface area contributed by atoms with E-state index < -0.39 is 12.3 Å².